The highest BCUT2D eigenvalue weighted by Crippen LogP contribution is 2.32. The highest BCUT2D eigenvalue weighted by atomic mass is 35.5. The molecule has 132 valence electrons. The van der Waals surface area contributed by atoms with Gasteiger partial charge in [0.2, 0.25) is 5.15 Å². The van der Waals surface area contributed by atoms with Crippen molar-refractivity contribution in [2.45, 2.75) is 13.8 Å². The summed E-state index contributed by atoms with van der Waals surface area (Å²) in [5.41, 5.74) is 3.35. The minimum Gasteiger partial charge on any atom is -0.436 e. The van der Waals surface area contributed by atoms with Gasteiger partial charge in [-0.2, -0.15) is 15.5 Å². The lowest BCUT2D eigenvalue weighted by Gasteiger charge is -2.12. The Morgan fingerprint density at radius 1 is 0.963 bits per heavy atom. The van der Waals surface area contributed by atoms with E-state index in [1.54, 1.807) is 36.4 Å². The number of halogens is 1. The molecule has 0 saturated heterocycles. The molecule has 0 spiro atoms. The first-order valence-corrected chi connectivity index (χ1v) is 8.24. The van der Waals surface area contributed by atoms with Crippen molar-refractivity contribution in [3.63, 3.8) is 0 Å². The monoisotopic (exact) mass is 376 g/mol. The number of ether oxygens (including phenoxy) is 1. The number of aromatic nitrogens is 3. The van der Waals surface area contributed by atoms with Gasteiger partial charge in [-0.3, -0.25) is 0 Å². The van der Waals surface area contributed by atoms with Gasteiger partial charge in [-0.1, -0.05) is 11.6 Å². The summed E-state index contributed by atoms with van der Waals surface area (Å²) < 4.78 is 5.85. The van der Waals surface area contributed by atoms with E-state index >= 15 is 0 Å². The van der Waals surface area contributed by atoms with Crippen molar-refractivity contribution in [1.82, 2.24) is 15.2 Å². The van der Waals surface area contributed by atoms with E-state index in [1.807, 2.05) is 13.8 Å². The summed E-state index contributed by atoms with van der Waals surface area (Å²) in [6.07, 6.45) is 0. The van der Waals surface area contributed by atoms with Crippen LogP contribution in [-0.2, 0) is 0 Å². The molecular weight excluding hydrogens is 364 g/mol. The summed E-state index contributed by atoms with van der Waals surface area (Å²) in [6, 6.07) is 14.4. The molecule has 1 heterocycles. The molecule has 0 radical (unpaired) electrons. The third-order valence-electron chi connectivity index (χ3n) is 3.67. The average molecular weight is 377 g/mol. The van der Waals surface area contributed by atoms with Gasteiger partial charge >= 0.3 is 0 Å². The molecule has 0 aliphatic rings. The Morgan fingerprint density at radius 2 is 1.59 bits per heavy atom. The second-order valence-electron chi connectivity index (χ2n) is 5.70. The topological polar surface area (TPSA) is 108 Å². The Kier molecular flexibility index (Phi) is 5.16. The number of nitriles is 2. The van der Waals surface area contributed by atoms with Gasteiger partial charge in [0.1, 0.15) is 5.75 Å². The fraction of sp³-hybridized carbons (Fsp3) is 0.105. The van der Waals surface area contributed by atoms with Crippen molar-refractivity contribution in [2.24, 2.45) is 0 Å². The van der Waals surface area contributed by atoms with Crippen LogP contribution in [0.25, 0.3) is 0 Å². The zero-order valence-corrected chi connectivity index (χ0v) is 15.2. The lowest BCUT2D eigenvalue weighted by atomic mass is 10.1. The van der Waals surface area contributed by atoms with Crippen LogP contribution in [0.1, 0.15) is 22.3 Å². The molecule has 0 amide bonds. The Morgan fingerprint density at radius 3 is 2.19 bits per heavy atom. The molecule has 1 N–H and O–H groups in total. The standard InChI is InChI=1S/C19H13ClN6O/c1-11-7-14(10-22)8-12(2)16(11)27-18-17(20)25-26-19(24-18)23-15-5-3-13(9-21)4-6-15/h3-8H,1-2H3,(H,23,24,26). The molecule has 3 aromatic rings. The Balaban J connectivity index is 1.88. The zero-order valence-electron chi connectivity index (χ0n) is 14.5. The summed E-state index contributed by atoms with van der Waals surface area (Å²) in [4.78, 5) is 4.26. The minimum atomic E-state index is 0.0172. The van der Waals surface area contributed by atoms with Crippen molar-refractivity contribution in [3.05, 3.63) is 63.8 Å². The lowest BCUT2D eigenvalue weighted by molar-refractivity contribution is 0.452. The summed E-state index contributed by atoms with van der Waals surface area (Å²) in [6.45, 7) is 3.67. The van der Waals surface area contributed by atoms with E-state index < -0.39 is 0 Å². The Labute approximate surface area is 160 Å². The van der Waals surface area contributed by atoms with Gasteiger partial charge in [-0.05, 0) is 61.4 Å². The van der Waals surface area contributed by atoms with E-state index in [0.29, 0.717) is 22.6 Å². The predicted octanol–water partition coefficient (Wildman–Crippen LogP) is 4.42. The van der Waals surface area contributed by atoms with Crippen LogP contribution >= 0.6 is 11.6 Å². The Bertz CT molecular complexity index is 1060. The van der Waals surface area contributed by atoms with E-state index in [1.165, 1.54) is 0 Å². The van der Waals surface area contributed by atoms with Crippen LogP contribution in [0, 0.1) is 36.5 Å². The van der Waals surface area contributed by atoms with E-state index in [4.69, 9.17) is 26.9 Å². The first-order valence-electron chi connectivity index (χ1n) is 7.86. The molecular formula is C19H13ClN6O. The molecule has 2 aromatic carbocycles. The van der Waals surface area contributed by atoms with Crippen LogP contribution in [0.15, 0.2) is 36.4 Å². The van der Waals surface area contributed by atoms with Crippen molar-refractivity contribution in [1.29, 1.82) is 10.5 Å². The largest absolute Gasteiger partial charge is 0.436 e. The number of hydrogen-bond donors (Lipinski definition) is 1. The van der Waals surface area contributed by atoms with Crippen LogP contribution < -0.4 is 10.1 Å². The number of nitrogens with one attached hydrogen (secondary N) is 1. The molecule has 8 heteroatoms. The van der Waals surface area contributed by atoms with Crippen LogP contribution in [0.5, 0.6) is 11.6 Å². The molecule has 0 fully saturated rings. The molecule has 0 unspecified atom stereocenters. The van der Waals surface area contributed by atoms with E-state index in [-0.39, 0.29) is 17.0 Å². The van der Waals surface area contributed by atoms with Crippen molar-refractivity contribution in [2.75, 3.05) is 5.32 Å². The van der Waals surface area contributed by atoms with E-state index in [2.05, 4.69) is 32.6 Å². The van der Waals surface area contributed by atoms with E-state index in [0.717, 1.165) is 11.1 Å². The van der Waals surface area contributed by atoms with Gasteiger partial charge in [0, 0.05) is 5.69 Å². The highest BCUT2D eigenvalue weighted by Gasteiger charge is 2.14. The molecule has 0 aliphatic carbocycles. The van der Waals surface area contributed by atoms with Crippen LogP contribution in [0.2, 0.25) is 5.15 Å². The highest BCUT2D eigenvalue weighted by molar-refractivity contribution is 6.30. The van der Waals surface area contributed by atoms with Crippen molar-refractivity contribution >= 4 is 23.2 Å². The quantitative estimate of drug-likeness (QED) is 0.717. The third kappa shape index (κ3) is 4.12. The molecule has 3 rings (SSSR count). The smallest absolute Gasteiger partial charge is 0.262 e. The second-order valence-corrected chi connectivity index (χ2v) is 6.06. The van der Waals surface area contributed by atoms with Crippen LogP contribution in [-0.4, -0.2) is 15.2 Å². The van der Waals surface area contributed by atoms with Crippen molar-refractivity contribution < 1.29 is 4.74 Å². The third-order valence-corrected chi connectivity index (χ3v) is 3.91. The molecule has 27 heavy (non-hydrogen) atoms. The van der Waals surface area contributed by atoms with Crippen molar-refractivity contribution in [3.8, 4) is 23.8 Å². The first-order chi connectivity index (χ1) is 13.0. The normalized spacial score (nSPS) is 9.96. The summed E-state index contributed by atoms with van der Waals surface area (Å²) in [5, 5.41) is 28.7. The number of benzene rings is 2. The summed E-state index contributed by atoms with van der Waals surface area (Å²) in [5.74, 6) is 0.850. The van der Waals surface area contributed by atoms with E-state index in [9.17, 15) is 0 Å². The van der Waals surface area contributed by atoms with Gasteiger partial charge in [-0.15, -0.1) is 10.2 Å². The molecule has 0 atom stereocenters. The number of aryl methyl sites for hydroxylation is 2. The molecule has 0 saturated carbocycles. The average Bonchev–Trinajstić information content (AvgIpc) is 2.67. The SMILES string of the molecule is Cc1cc(C#N)cc(C)c1Oc1nc(Nc2ccc(C#N)cc2)nnc1Cl. The molecule has 7 nitrogen and oxygen atoms in total. The first kappa shape index (κ1) is 18.1. The minimum absolute atomic E-state index is 0.0172. The number of rotatable bonds is 4. The molecule has 1 aromatic heterocycles. The number of anilines is 2. The summed E-state index contributed by atoms with van der Waals surface area (Å²) >= 11 is 6.07. The maximum absolute atomic E-state index is 9.05. The molecule has 0 bridgehead atoms. The van der Waals surface area contributed by atoms with Gasteiger partial charge in [0.25, 0.3) is 11.8 Å². The second kappa shape index (κ2) is 7.69. The van der Waals surface area contributed by atoms with Gasteiger partial charge in [0.05, 0.1) is 23.3 Å². The lowest BCUT2D eigenvalue weighted by Crippen LogP contribution is -2.03. The molecule has 0 aliphatic heterocycles. The van der Waals surface area contributed by atoms with Gasteiger partial charge in [0.15, 0.2) is 0 Å². The maximum atomic E-state index is 9.05. The fourth-order valence-electron chi connectivity index (χ4n) is 2.45. The van der Waals surface area contributed by atoms with Crippen LogP contribution in [0.3, 0.4) is 0 Å². The van der Waals surface area contributed by atoms with Gasteiger partial charge in [-0.25, -0.2) is 0 Å². The Hall–Kier alpha value is -3.68. The van der Waals surface area contributed by atoms with Gasteiger partial charge < -0.3 is 10.1 Å². The maximum Gasteiger partial charge on any atom is 0.262 e. The van der Waals surface area contributed by atoms with Crippen LogP contribution in [0.4, 0.5) is 11.6 Å². The predicted molar refractivity (Wildman–Crippen MR) is 100.0 cm³/mol. The number of nitrogens with zero attached hydrogens (tertiary/aromatic N) is 5. The summed E-state index contributed by atoms with van der Waals surface area (Å²) in [7, 11) is 0. The number of hydrogen-bond acceptors (Lipinski definition) is 7. The zero-order chi connectivity index (χ0) is 19.4. The fourth-order valence-corrected chi connectivity index (χ4v) is 2.56.